The van der Waals surface area contributed by atoms with Gasteiger partial charge in [0.25, 0.3) is 5.95 Å². The van der Waals surface area contributed by atoms with Crippen molar-refractivity contribution in [3.8, 4) is 11.1 Å². The van der Waals surface area contributed by atoms with Gasteiger partial charge in [0.1, 0.15) is 5.76 Å². The van der Waals surface area contributed by atoms with Gasteiger partial charge in [-0.2, -0.15) is 0 Å². The van der Waals surface area contributed by atoms with E-state index in [0.717, 1.165) is 39.2 Å². The molecular formula is C20H21N7O. The van der Waals surface area contributed by atoms with Crippen LogP contribution in [0.25, 0.3) is 22.2 Å². The highest BCUT2D eigenvalue weighted by Crippen LogP contribution is 2.37. The second-order valence-corrected chi connectivity index (χ2v) is 6.76. The third-order valence-corrected chi connectivity index (χ3v) is 5.04. The predicted molar refractivity (Wildman–Crippen MR) is 108 cm³/mol. The molecule has 4 rings (SSSR count). The summed E-state index contributed by atoms with van der Waals surface area (Å²) in [6.45, 7) is 5.96. The lowest BCUT2D eigenvalue weighted by molar-refractivity contribution is 0.393. The van der Waals surface area contributed by atoms with Crippen molar-refractivity contribution in [1.82, 2.24) is 14.8 Å². The Morgan fingerprint density at radius 1 is 1.14 bits per heavy atom. The fraction of sp³-hybridized carbons (Fsp3) is 0.200. The molecule has 8 nitrogen and oxygen atoms in total. The van der Waals surface area contributed by atoms with Gasteiger partial charge in [-0.15, -0.1) is 0 Å². The van der Waals surface area contributed by atoms with Gasteiger partial charge in [0.05, 0.1) is 16.7 Å². The summed E-state index contributed by atoms with van der Waals surface area (Å²) >= 11 is 0. The zero-order valence-corrected chi connectivity index (χ0v) is 15.9. The van der Waals surface area contributed by atoms with Crippen molar-refractivity contribution in [2.45, 2.75) is 26.7 Å². The molecule has 4 aromatic rings. The predicted octanol–water partition coefficient (Wildman–Crippen LogP) is 4.13. The first-order valence-electron chi connectivity index (χ1n) is 8.91. The first kappa shape index (κ1) is 17.7. The van der Waals surface area contributed by atoms with E-state index in [-0.39, 0.29) is 11.9 Å². The molecule has 2 heterocycles. The molecule has 2 aromatic carbocycles. The van der Waals surface area contributed by atoms with Gasteiger partial charge in [-0.1, -0.05) is 52.7 Å². The molecule has 1 unspecified atom stereocenters. The van der Waals surface area contributed by atoms with Crippen molar-refractivity contribution < 1.29 is 4.52 Å². The summed E-state index contributed by atoms with van der Waals surface area (Å²) in [5.41, 5.74) is 6.43. The Hall–Kier alpha value is -3.68. The Balaban J connectivity index is 2.02. The van der Waals surface area contributed by atoms with E-state index >= 15 is 0 Å². The molecule has 0 fully saturated rings. The SMILES string of the molecule is Cc1noc(C)c1-c1cc(C(C)c2ccccc2)c2nc(N=NN)n(N)c2c1. The van der Waals surface area contributed by atoms with Gasteiger partial charge in [0, 0.05) is 11.5 Å². The molecule has 0 saturated heterocycles. The normalized spacial score (nSPS) is 12.8. The molecular weight excluding hydrogens is 354 g/mol. The zero-order valence-electron chi connectivity index (χ0n) is 15.9. The van der Waals surface area contributed by atoms with Crippen LogP contribution in [0.3, 0.4) is 0 Å². The van der Waals surface area contributed by atoms with Gasteiger partial charge < -0.3 is 16.2 Å². The molecule has 0 aliphatic heterocycles. The fourth-order valence-corrected chi connectivity index (χ4v) is 3.62. The van der Waals surface area contributed by atoms with Crippen molar-refractivity contribution in [1.29, 1.82) is 0 Å². The van der Waals surface area contributed by atoms with Crippen LogP contribution in [0.2, 0.25) is 0 Å². The molecule has 0 spiro atoms. The van der Waals surface area contributed by atoms with Gasteiger partial charge in [-0.3, -0.25) is 0 Å². The number of nitrogens with two attached hydrogens (primary N) is 2. The Labute approximate surface area is 161 Å². The lowest BCUT2D eigenvalue weighted by atomic mass is 9.89. The summed E-state index contributed by atoms with van der Waals surface area (Å²) in [5.74, 6) is 12.5. The number of imidazole rings is 1. The van der Waals surface area contributed by atoms with Crippen LogP contribution in [0.5, 0.6) is 0 Å². The van der Waals surface area contributed by atoms with Gasteiger partial charge in [0.15, 0.2) is 0 Å². The third-order valence-electron chi connectivity index (χ3n) is 5.04. The van der Waals surface area contributed by atoms with E-state index in [9.17, 15) is 0 Å². The number of nitrogen functional groups attached to an aromatic ring is 1. The zero-order chi connectivity index (χ0) is 19.8. The molecule has 0 radical (unpaired) electrons. The van der Waals surface area contributed by atoms with E-state index in [1.165, 1.54) is 10.2 Å². The molecule has 0 saturated carbocycles. The maximum Gasteiger partial charge on any atom is 0.270 e. The molecule has 0 aliphatic carbocycles. The van der Waals surface area contributed by atoms with Gasteiger partial charge >= 0.3 is 0 Å². The Bertz CT molecular complexity index is 1150. The van der Waals surface area contributed by atoms with Crippen molar-refractivity contribution in [3.05, 3.63) is 65.0 Å². The molecule has 0 bridgehead atoms. The molecule has 28 heavy (non-hydrogen) atoms. The lowest BCUT2D eigenvalue weighted by Gasteiger charge is -2.15. The van der Waals surface area contributed by atoms with Crippen LogP contribution < -0.4 is 11.7 Å². The Morgan fingerprint density at radius 3 is 2.54 bits per heavy atom. The van der Waals surface area contributed by atoms with E-state index in [2.05, 4.69) is 45.6 Å². The minimum atomic E-state index is 0.0849. The average molecular weight is 375 g/mol. The highest BCUT2D eigenvalue weighted by atomic mass is 16.5. The summed E-state index contributed by atoms with van der Waals surface area (Å²) in [6, 6.07) is 14.3. The quantitative estimate of drug-likeness (QED) is 0.315. The third kappa shape index (κ3) is 2.79. The first-order valence-corrected chi connectivity index (χ1v) is 8.91. The molecule has 0 amide bonds. The highest BCUT2D eigenvalue weighted by Gasteiger charge is 2.21. The minimum absolute atomic E-state index is 0.0849. The van der Waals surface area contributed by atoms with Crippen molar-refractivity contribution in [3.63, 3.8) is 0 Å². The van der Waals surface area contributed by atoms with Crippen LogP contribution in [0.15, 0.2) is 57.3 Å². The summed E-state index contributed by atoms with van der Waals surface area (Å²) in [5, 5.41) is 11.3. The smallest absolute Gasteiger partial charge is 0.270 e. The van der Waals surface area contributed by atoms with Crippen molar-refractivity contribution in [2.24, 2.45) is 16.2 Å². The fourth-order valence-electron chi connectivity index (χ4n) is 3.62. The standard InChI is InChI=1S/C20H21N7O/c1-11(14-7-5-4-6-8-14)16-9-15(18-12(2)25-28-13(18)3)10-17-19(16)23-20(24-26-21)27(17)22/h4-11H,22H2,1-3H3,(H2,21,23,24). The summed E-state index contributed by atoms with van der Waals surface area (Å²) in [6.07, 6.45) is 0. The van der Waals surface area contributed by atoms with E-state index in [1.54, 1.807) is 0 Å². The number of aryl methyl sites for hydroxylation is 2. The van der Waals surface area contributed by atoms with Crippen molar-refractivity contribution in [2.75, 3.05) is 5.84 Å². The van der Waals surface area contributed by atoms with Crippen LogP contribution in [-0.2, 0) is 0 Å². The monoisotopic (exact) mass is 375 g/mol. The highest BCUT2D eigenvalue weighted by molar-refractivity contribution is 5.88. The van der Waals surface area contributed by atoms with Crippen LogP contribution in [0.4, 0.5) is 5.95 Å². The van der Waals surface area contributed by atoms with Crippen LogP contribution in [0.1, 0.15) is 35.4 Å². The van der Waals surface area contributed by atoms with Gasteiger partial charge in [0.2, 0.25) is 0 Å². The number of hydrogen-bond acceptors (Lipinski definition) is 6. The van der Waals surface area contributed by atoms with E-state index < -0.39 is 0 Å². The van der Waals surface area contributed by atoms with Gasteiger partial charge in [-0.25, -0.2) is 9.66 Å². The number of rotatable bonds is 4. The second-order valence-electron chi connectivity index (χ2n) is 6.76. The minimum Gasteiger partial charge on any atom is -0.361 e. The molecule has 8 heteroatoms. The number of nitrogens with zero attached hydrogens (tertiary/aromatic N) is 5. The van der Waals surface area contributed by atoms with Crippen LogP contribution in [-0.4, -0.2) is 14.8 Å². The molecule has 0 aliphatic rings. The van der Waals surface area contributed by atoms with E-state index in [0.29, 0.717) is 0 Å². The summed E-state index contributed by atoms with van der Waals surface area (Å²) < 4.78 is 6.76. The second kappa shape index (κ2) is 6.80. The number of hydrogen-bond donors (Lipinski definition) is 2. The largest absolute Gasteiger partial charge is 0.361 e. The number of fused-ring (bicyclic) bond motifs is 1. The Morgan fingerprint density at radius 2 is 1.89 bits per heavy atom. The van der Waals surface area contributed by atoms with Gasteiger partial charge in [-0.05, 0) is 42.7 Å². The average Bonchev–Trinajstić information content (AvgIpc) is 3.21. The van der Waals surface area contributed by atoms with E-state index in [4.69, 9.17) is 16.2 Å². The van der Waals surface area contributed by atoms with Crippen LogP contribution in [0, 0.1) is 13.8 Å². The Kier molecular flexibility index (Phi) is 4.31. The summed E-state index contributed by atoms with van der Waals surface area (Å²) in [7, 11) is 0. The summed E-state index contributed by atoms with van der Waals surface area (Å²) in [4.78, 5) is 4.57. The maximum absolute atomic E-state index is 6.24. The van der Waals surface area contributed by atoms with Crippen molar-refractivity contribution >= 4 is 17.0 Å². The van der Waals surface area contributed by atoms with Crippen LogP contribution >= 0.6 is 0 Å². The lowest BCUT2D eigenvalue weighted by Crippen LogP contribution is -2.07. The number of aromatic nitrogens is 3. The maximum atomic E-state index is 6.24. The first-order chi connectivity index (χ1) is 13.5. The topological polar surface area (TPSA) is 121 Å². The van der Waals surface area contributed by atoms with E-state index in [1.807, 2.05) is 38.1 Å². The molecule has 2 aromatic heterocycles. The number of benzene rings is 2. The molecule has 4 N–H and O–H groups in total. The molecule has 1 atom stereocenters. The molecule has 142 valence electrons.